The van der Waals surface area contributed by atoms with Crippen molar-refractivity contribution in [1.82, 2.24) is 9.55 Å². The van der Waals surface area contributed by atoms with E-state index in [0.717, 1.165) is 63.8 Å². The molecule has 186 valence electrons. The van der Waals surface area contributed by atoms with Crippen LogP contribution in [-0.4, -0.2) is 28.6 Å². The Hall–Kier alpha value is -3.02. The van der Waals surface area contributed by atoms with E-state index in [-0.39, 0.29) is 11.8 Å². The van der Waals surface area contributed by atoms with Crippen molar-refractivity contribution in [2.75, 3.05) is 18.1 Å². The quantitative estimate of drug-likeness (QED) is 0.228. The van der Waals surface area contributed by atoms with Crippen LogP contribution in [0.15, 0.2) is 60.7 Å². The predicted molar refractivity (Wildman–Crippen MR) is 147 cm³/mol. The van der Waals surface area contributed by atoms with Crippen molar-refractivity contribution in [2.45, 2.75) is 45.6 Å². The highest BCUT2D eigenvalue weighted by Gasteiger charge is 2.35. The highest BCUT2D eigenvalue weighted by molar-refractivity contribution is 6.34. The van der Waals surface area contributed by atoms with Gasteiger partial charge in [0.05, 0.1) is 28.4 Å². The Labute approximate surface area is 221 Å². The van der Waals surface area contributed by atoms with Crippen LogP contribution in [0.5, 0.6) is 5.75 Å². The Morgan fingerprint density at radius 2 is 1.72 bits per heavy atom. The Kier molecular flexibility index (Phi) is 7.22. The molecule has 0 spiro atoms. The summed E-state index contributed by atoms with van der Waals surface area (Å²) in [5.41, 5.74) is 4.87. The number of hydrogen-bond acceptors (Lipinski definition) is 3. The number of rotatable bonds is 8. The van der Waals surface area contributed by atoms with Gasteiger partial charge in [0.2, 0.25) is 5.91 Å². The topological polar surface area (TPSA) is 47.4 Å². The zero-order valence-electron chi connectivity index (χ0n) is 20.5. The number of anilines is 1. The summed E-state index contributed by atoms with van der Waals surface area (Å²) in [6.45, 7) is 6.01. The minimum Gasteiger partial charge on any atom is -0.494 e. The van der Waals surface area contributed by atoms with Crippen molar-refractivity contribution < 1.29 is 9.53 Å². The van der Waals surface area contributed by atoms with Gasteiger partial charge in [0.15, 0.2) is 0 Å². The lowest BCUT2D eigenvalue weighted by molar-refractivity contribution is -0.117. The van der Waals surface area contributed by atoms with Gasteiger partial charge in [0.25, 0.3) is 0 Å². The molecule has 0 bridgehead atoms. The molecule has 36 heavy (non-hydrogen) atoms. The zero-order valence-corrected chi connectivity index (χ0v) is 22.0. The van der Waals surface area contributed by atoms with Crippen LogP contribution in [0.25, 0.3) is 11.0 Å². The van der Waals surface area contributed by atoms with Crippen LogP contribution in [0.1, 0.15) is 42.1 Å². The molecule has 0 aliphatic carbocycles. The first-order valence-corrected chi connectivity index (χ1v) is 13.1. The molecule has 0 saturated carbocycles. The van der Waals surface area contributed by atoms with E-state index < -0.39 is 0 Å². The average molecular weight is 522 g/mol. The molecule has 1 aliphatic rings. The summed E-state index contributed by atoms with van der Waals surface area (Å²) in [5, 5.41) is 1.38. The fraction of sp³-hybridized carbons (Fsp3) is 0.310. The molecule has 1 atom stereocenters. The lowest BCUT2D eigenvalue weighted by Crippen LogP contribution is -2.24. The van der Waals surface area contributed by atoms with E-state index in [1.165, 1.54) is 0 Å². The number of amides is 1. The van der Waals surface area contributed by atoms with Crippen molar-refractivity contribution in [3.8, 4) is 5.75 Å². The van der Waals surface area contributed by atoms with Crippen LogP contribution in [0.2, 0.25) is 10.0 Å². The fourth-order valence-corrected chi connectivity index (χ4v) is 5.32. The van der Waals surface area contributed by atoms with E-state index in [2.05, 4.69) is 10.6 Å². The lowest BCUT2D eigenvalue weighted by Gasteiger charge is -2.18. The first-order chi connectivity index (χ1) is 17.4. The van der Waals surface area contributed by atoms with E-state index in [1.54, 1.807) is 4.90 Å². The number of ether oxygens (including phenoxy) is 1. The first-order valence-electron chi connectivity index (χ1n) is 12.3. The summed E-state index contributed by atoms with van der Waals surface area (Å²) in [4.78, 5) is 19.7. The number of hydrogen-bond donors (Lipinski definition) is 0. The molecule has 5 rings (SSSR count). The number of carbonyl (C=O) groups excluding carboxylic acids is 1. The van der Waals surface area contributed by atoms with Crippen LogP contribution in [0.4, 0.5) is 5.69 Å². The molecule has 2 heterocycles. The minimum atomic E-state index is 0.0115. The smallest absolute Gasteiger partial charge is 0.227 e. The molecule has 1 aliphatic heterocycles. The second kappa shape index (κ2) is 10.5. The SMILES string of the molecule is Cc1cc(OCCCCn2c(C3CC(=O)N(c4ccccc4Cl)C3)nc3ccccc32)cc(C)c1Cl. The molecule has 1 aromatic heterocycles. The summed E-state index contributed by atoms with van der Waals surface area (Å²) in [6, 6.07) is 19.6. The van der Waals surface area contributed by atoms with E-state index in [1.807, 2.05) is 68.4 Å². The van der Waals surface area contributed by atoms with E-state index in [0.29, 0.717) is 24.6 Å². The molecule has 7 heteroatoms. The Balaban J connectivity index is 1.29. The van der Waals surface area contributed by atoms with Gasteiger partial charge in [-0.15, -0.1) is 0 Å². The van der Waals surface area contributed by atoms with Gasteiger partial charge in [0.1, 0.15) is 11.6 Å². The first kappa shape index (κ1) is 24.7. The van der Waals surface area contributed by atoms with Crippen LogP contribution < -0.4 is 9.64 Å². The zero-order chi connectivity index (χ0) is 25.2. The van der Waals surface area contributed by atoms with Gasteiger partial charge in [-0.25, -0.2) is 4.98 Å². The number of halogens is 2. The number of imidazole rings is 1. The number of para-hydroxylation sites is 3. The third-order valence-electron chi connectivity index (χ3n) is 6.77. The highest BCUT2D eigenvalue weighted by atomic mass is 35.5. The van der Waals surface area contributed by atoms with Gasteiger partial charge in [0, 0.05) is 30.5 Å². The van der Waals surface area contributed by atoms with Crippen LogP contribution in [0, 0.1) is 13.8 Å². The number of unbranched alkanes of at least 4 members (excludes halogenated alkanes) is 1. The maximum absolute atomic E-state index is 12.9. The van der Waals surface area contributed by atoms with Crippen molar-refractivity contribution in [3.05, 3.63) is 87.7 Å². The molecule has 4 aromatic rings. The highest BCUT2D eigenvalue weighted by Crippen LogP contribution is 2.36. The second-order valence-corrected chi connectivity index (χ2v) is 10.2. The molecule has 5 nitrogen and oxygen atoms in total. The predicted octanol–water partition coefficient (Wildman–Crippen LogP) is 7.34. The molecule has 0 radical (unpaired) electrons. The van der Waals surface area contributed by atoms with Gasteiger partial charge in [-0.3, -0.25) is 4.79 Å². The summed E-state index contributed by atoms with van der Waals surface area (Å²) in [7, 11) is 0. The van der Waals surface area contributed by atoms with Gasteiger partial charge >= 0.3 is 0 Å². The monoisotopic (exact) mass is 521 g/mol. The summed E-state index contributed by atoms with van der Waals surface area (Å²) < 4.78 is 8.28. The Morgan fingerprint density at radius 1 is 1.00 bits per heavy atom. The largest absolute Gasteiger partial charge is 0.494 e. The Morgan fingerprint density at radius 3 is 2.50 bits per heavy atom. The molecule has 0 N–H and O–H groups in total. The summed E-state index contributed by atoms with van der Waals surface area (Å²) in [5.74, 6) is 1.90. The fourth-order valence-electron chi connectivity index (χ4n) is 4.98. The molecule has 1 amide bonds. The molecule has 1 saturated heterocycles. The molecule has 1 unspecified atom stereocenters. The lowest BCUT2D eigenvalue weighted by atomic mass is 10.1. The molecular formula is C29H29Cl2N3O2. The number of benzene rings is 3. The van der Waals surface area contributed by atoms with E-state index in [9.17, 15) is 4.79 Å². The standard InChI is InChI=1S/C29H29Cl2N3O2/c1-19-15-22(16-20(2)28(19)31)36-14-8-7-13-33-26-12-6-4-10-24(26)32-29(33)21-17-27(35)34(18-21)25-11-5-3-9-23(25)30/h3-6,9-12,15-16,21H,7-8,13-14,17-18H2,1-2H3. The molecular weight excluding hydrogens is 493 g/mol. The third-order valence-corrected chi connectivity index (χ3v) is 7.69. The summed E-state index contributed by atoms with van der Waals surface area (Å²) in [6.07, 6.45) is 2.27. The number of aromatic nitrogens is 2. The number of aryl methyl sites for hydroxylation is 3. The maximum atomic E-state index is 12.9. The molecule has 1 fully saturated rings. The van der Waals surface area contributed by atoms with Gasteiger partial charge < -0.3 is 14.2 Å². The van der Waals surface area contributed by atoms with Crippen LogP contribution >= 0.6 is 23.2 Å². The van der Waals surface area contributed by atoms with Gasteiger partial charge in [-0.1, -0.05) is 47.5 Å². The third kappa shape index (κ3) is 4.95. The normalized spacial score (nSPS) is 15.7. The van der Waals surface area contributed by atoms with Crippen LogP contribution in [-0.2, 0) is 11.3 Å². The van der Waals surface area contributed by atoms with Crippen molar-refractivity contribution in [1.29, 1.82) is 0 Å². The van der Waals surface area contributed by atoms with Crippen LogP contribution in [0.3, 0.4) is 0 Å². The minimum absolute atomic E-state index is 0.0115. The van der Waals surface area contributed by atoms with Gasteiger partial charge in [-0.2, -0.15) is 0 Å². The van der Waals surface area contributed by atoms with Crippen molar-refractivity contribution in [2.24, 2.45) is 0 Å². The number of carbonyl (C=O) groups is 1. The van der Waals surface area contributed by atoms with E-state index >= 15 is 0 Å². The van der Waals surface area contributed by atoms with Gasteiger partial charge in [-0.05, 0) is 74.2 Å². The Bertz CT molecular complexity index is 1390. The molecule has 3 aromatic carbocycles. The maximum Gasteiger partial charge on any atom is 0.227 e. The number of fused-ring (bicyclic) bond motifs is 1. The second-order valence-electron chi connectivity index (χ2n) is 9.39. The van der Waals surface area contributed by atoms with Crippen molar-refractivity contribution in [3.63, 3.8) is 0 Å². The van der Waals surface area contributed by atoms with E-state index in [4.69, 9.17) is 32.9 Å². The van der Waals surface area contributed by atoms with Crippen molar-refractivity contribution >= 4 is 45.8 Å². The number of nitrogens with zero attached hydrogens (tertiary/aromatic N) is 3. The summed E-state index contributed by atoms with van der Waals surface area (Å²) >= 11 is 12.7. The average Bonchev–Trinajstić information content (AvgIpc) is 3.43.